The quantitative estimate of drug-likeness (QED) is 0.873. The van der Waals surface area contributed by atoms with Crippen LogP contribution in [0.25, 0.3) is 0 Å². The molecule has 1 saturated heterocycles. The smallest absolute Gasteiger partial charge is 0.211 e. The predicted octanol–water partition coefficient (Wildman–Crippen LogP) is 2.51. The largest absolute Gasteiger partial charge is 0.444 e. The maximum absolute atomic E-state index is 5.62. The Bertz CT molecular complexity index is 356. The second-order valence-corrected chi connectivity index (χ2v) is 5.25. The molecule has 1 N–H and O–H groups in total. The SMILES string of the molecule is CCCNC1CCN(C(C)c2ncc(C)o2)CC1. The summed E-state index contributed by atoms with van der Waals surface area (Å²) in [5.74, 6) is 1.75. The zero-order valence-corrected chi connectivity index (χ0v) is 11.8. The number of aromatic nitrogens is 1. The van der Waals surface area contributed by atoms with Crippen LogP contribution in [0.3, 0.4) is 0 Å². The Hall–Kier alpha value is -0.870. The van der Waals surface area contributed by atoms with Crippen LogP contribution in [0.5, 0.6) is 0 Å². The minimum Gasteiger partial charge on any atom is -0.444 e. The molecular formula is C14H25N3O. The van der Waals surface area contributed by atoms with Crippen LogP contribution in [0, 0.1) is 6.92 Å². The summed E-state index contributed by atoms with van der Waals surface area (Å²) in [6.07, 6.45) is 5.47. The fraction of sp³-hybridized carbons (Fsp3) is 0.786. The average molecular weight is 251 g/mol. The fourth-order valence-corrected chi connectivity index (χ4v) is 2.56. The van der Waals surface area contributed by atoms with E-state index in [-0.39, 0.29) is 0 Å². The minimum atomic E-state index is 0.297. The van der Waals surface area contributed by atoms with Crippen molar-refractivity contribution >= 4 is 0 Å². The number of hydrogen-bond acceptors (Lipinski definition) is 4. The third kappa shape index (κ3) is 3.33. The topological polar surface area (TPSA) is 41.3 Å². The second-order valence-electron chi connectivity index (χ2n) is 5.25. The standard InChI is InChI=1S/C14H25N3O/c1-4-7-15-13-5-8-17(9-6-13)12(3)14-16-10-11(2)18-14/h10,12-13,15H,4-9H2,1-3H3. The van der Waals surface area contributed by atoms with Crippen molar-refractivity contribution in [3.63, 3.8) is 0 Å². The van der Waals surface area contributed by atoms with Crippen LogP contribution in [-0.4, -0.2) is 35.6 Å². The van der Waals surface area contributed by atoms with Crippen LogP contribution in [0.4, 0.5) is 0 Å². The van der Waals surface area contributed by atoms with Crippen molar-refractivity contribution in [3.05, 3.63) is 17.8 Å². The first kappa shape index (κ1) is 13.6. The van der Waals surface area contributed by atoms with Crippen LogP contribution in [0.1, 0.15) is 50.8 Å². The first-order valence-electron chi connectivity index (χ1n) is 7.10. The Kier molecular flexibility index (Phi) is 4.78. The molecule has 1 aliphatic rings. The van der Waals surface area contributed by atoms with Crippen molar-refractivity contribution in [2.24, 2.45) is 0 Å². The third-order valence-electron chi connectivity index (χ3n) is 3.76. The number of hydrogen-bond donors (Lipinski definition) is 1. The summed E-state index contributed by atoms with van der Waals surface area (Å²) in [6.45, 7) is 9.75. The fourth-order valence-electron chi connectivity index (χ4n) is 2.56. The zero-order chi connectivity index (χ0) is 13.0. The molecule has 0 spiro atoms. The number of nitrogens with zero attached hydrogens (tertiary/aromatic N) is 2. The molecule has 1 fully saturated rings. The zero-order valence-electron chi connectivity index (χ0n) is 11.8. The van der Waals surface area contributed by atoms with E-state index >= 15 is 0 Å². The van der Waals surface area contributed by atoms with Crippen LogP contribution in [0.2, 0.25) is 0 Å². The van der Waals surface area contributed by atoms with Crippen LogP contribution >= 0.6 is 0 Å². The molecule has 102 valence electrons. The van der Waals surface area contributed by atoms with Crippen molar-refractivity contribution in [2.45, 2.75) is 52.1 Å². The molecule has 0 amide bonds. The van der Waals surface area contributed by atoms with Crippen molar-refractivity contribution in [2.75, 3.05) is 19.6 Å². The first-order chi connectivity index (χ1) is 8.70. The number of oxazole rings is 1. The van der Waals surface area contributed by atoms with E-state index in [0.717, 1.165) is 31.3 Å². The van der Waals surface area contributed by atoms with Gasteiger partial charge in [-0.05, 0) is 39.7 Å². The van der Waals surface area contributed by atoms with Gasteiger partial charge in [-0.2, -0.15) is 0 Å². The molecule has 4 nitrogen and oxygen atoms in total. The van der Waals surface area contributed by atoms with E-state index in [1.165, 1.54) is 19.3 Å². The van der Waals surface area contributed by atoms with E-state index in [2.05, 4.69) is 29.0 Å². The summed E-state index contributed by atoms with van der Waals surface area (Å²) in [5.41, 5.74) is 0. The Morgan fingerprint density at radius 3 is 2.78 bits per heavy atom. The Morgan fingerprint density at radius 2 is 2.22 bits per heavy atom. The van der Waals surface area contributed by atoms with Gasteiger partial charge in [-0.1, -0.05) is 6.92 Å². The minimum absolute atomic E-state index is 0.297. The lowest BCUT2D eigenvalue weighted by molar-refractivity contribution is 0.134. The summed E-state index contributed by atoms with van der Waals surface area (Å²) in [6, 6.07) is 0.991. The molecule has 0 radical (unpaired) electrons. The van der Waals surface area contributed by atoms with Crippen molar-refractivity contribution in [1.82, 2.24) is 15.2 Å². The third-order valence-corrected chi connectivity index (χ3v) is 3.76. The highest BCUT2D eigenvalue weighted by Gasteiger charge is 2.25. The number of aryl methyl sites for hydroxylation is 1. The van der Waals surface area contributed by atoms with Crippen molar-refractivity contribution < 1.29 is 4.42 Å². The lowest BCUT2D eigenvalue weighted by Crippen LogP contribution is -2.43. The molecule has 1 aromatic rings. The van der Waals surface area contributed by atoms with Crippen molar-refractivity contribution in [1.29, 1.82) is 0 Å². The second kappa shape index (κ2) is 6.34. The molecule has 4 heteroatoms. The molecule has 0 aromatic carbocycles. The van der Waals surface area contributed by atoms with Gasteiger partial charge in [0.15, 0.2) is 0 Å². The molecule has 1 aliphatic heterocycles. The molecule has 2 rings (SSSR count). The van der Waals surface area contributed by atoms with E-state index in [9.17, 15) is 0 Å². The molecule has 18 heavy (non-hydrogen) atoms. The van der Waals surface area contributed by atoms with Gasteiger partial charge in [0, 0.05) is 19.1 Å². The van der Waals surface area contributed by atoms with Gasteiger partial charge >= 0.3 is 0 Å². The van der Waals surface area contributed by atoms with Gasteiger partial charge in [-0.25, -0.2) is 4.98 Å². The van der Waals surface area contributed by atoms with E-state index in [0.29, 0.717) is 12.1 Å². The highest BCUT2D eigenvalue weighted by molar-refractivity contribution is 4.96. The average Bonchev–Trinajstić information content (AvgIpc) is 2.83. The van der Waals surface area contributed by atoms with Gasteiger partial charge in [0.2, 0.25) is 5.89 Å². The number of piperidine rings is 1. The molecule has 1 atom stereocenters. The van der Waals surface area contributed by atoms with E-state index in [4.69, 9.17) is 4.42 Å². The number of rotatable bonds is 5. The summed E-state index contributed by atoms with van der Waals surface area (Å²) < 4.78 is 5.62. The molecule has 2 heterocycles. The summed E-state index contributed by atoms with van der Waals surface area (Å²) in [4.78, 5) is 6.80. The Balaban J connectivity index is 1.82. The van der Waals surface area contributed by atoms with Gasteiger partial charge < -0.3 is 9.73 Å². The van der Waals surface area contributed by atoms with Gasteiger partial charge in [-0.15, -0.1) is 0 Å². The normalized spacial score (nSPS) is 20.2. The van der Waals surface area contributed by atoms with E-state index < -0.39 is 0 Å². The Labute approximate surface area is 110 Å². The summed E-state index contributed by atoms with van der Waals surface area (Å²) in [5, 5.41) is 3.61. The summed E-state index contributed by atoms with van der Waals surface area (Å²) >= 11 is 0. The highest BCUT2D eigenvalue weighted by Crippen LogP contribution is 2.23. The van der Waals surface area contributed by atoms with Gasteiger partial charge in [0.1, 0.15) is 5.76 Å². The lowest BCUT2D eigenvalue weighted by Gasteiger charge is -2.35. The van der Waals surface area contributed by atoms with E-state index in [1.54, 1.807) is 6.20 Å². The van der Waals surface area contributed by atoms with Gasteiger partial charge in [-0.3, -0.25) is 4.90 Å². The number of likely N-dealkylation sites (tertiary alicyclic amines) is 1. The summed E-state index contributed by atoms with van der Waals surface area (Å²) in [7, 11) is 0. The molecule has 0 aliphatic carbocycles. The molecule has 0 bridgehead atoms. The highest BCUT2D eigenvalue weighted by atomic mass is 16.4. The Morgan fingerprint density at radius 1 is 1.50 bits per heavy atom. The molecular weight excluding hydrogens is 226 g/mol. The maximum Gasteiger partial charge on any atom is 0.211 e. The van der Waals surface area contributed by atoms with E-state index in [1.807, 2.05) is 6.92 Å². The van der Waals surface area contributed by atoms with Crippen molar-refractivity contribution in [3.8, 4) is 0 Å². The molecule has 1 aromatic heterocycles. The lowest BCUT2D eigenvalue weighted by atomic mass is 10.0. The number of nitrogens with one attached hydrogen (secondary N) is 1. The van der Waals surface area contributed by atoms with Crippen LogP contribution in [0.15, 0.2) is 10.6 Å². The molecule has 0 saturated carbocycles. The molecule has 1 unspecified atom stereocenters. The van der Waals surface area contributed by atoms with Crippen LogP contribution in [-0.2, 0) is 0 Å². The van der Waals surface area contributed by atoms with Gasteiger partial charge in [0.25, 0.3) is 0 Å². The van der Waals surface area contributed by atoms with Gasteiger partial charge in [0.05, 0.1) is 12.2 Å². The predicted molar refractivity (Wildman–Crippen MR) is 72.5 cm³/mol. The monoisotopic (exact) mass is 251 g/mol. The maximum atomic E-state index is 5.62. The first-order valence-corrected chi connectivity index (χ1v) is 7.10. The van der Waals surface area contributed by atoms with Crippen LogP contribution < -0.4 is 5.32 Å².